The molecule has 6 nitrogen and oxygen atoms in total. The zero-order valence-electron chi connectivity index (χ0n) is 13.0. The maximum atomic E-state index is 11.8. The molecule has 0 saturated carbocycles. The largest absolute Gasteiger partial charge is 0.508 e. The second kappa shape index (κ2) is 7.31. The number of aromatic hydroxyl groups is 2. The van der Waals surface area contributed by atoms with E-state index in [0.717, 1.165) is 11.3 Å². The highest BCUT2D eigenvalue weighted by Crippen LogP contribution is 2.22. The van der Waals surface area contributed by atoms with E-state index >= 15 is 0 Å². The number of hydrazone groups is 1. The van der Waals surface area contributed by atoms with Crippen molar-refractivity contribution in [3.63, 3.8) is 0 Å². The zero-order valence-corrected chi connectivity index (χ0v) is 13.0. The highest BCUT2D eigenvalue weighted by molar-refractivity contribution is 6.01. The van der Waals surface area contributed by atoms with Gasteiger partial charge in [-0.05, 0) is 37.6 Å². The number of nitrogens with zero attached hydrogens (tertiary/aromatic N) is 1. The van der Waals surface area contributed by atoms with Crippen LogP contribution in [0, 0.1) is 6.92 Å². The lowest BCUT2D eigenvalue weighted by atomic mass is 10.1. The minimum atomic E-state index is -0.300. The minimum absolute atomic E-state index is 0.0366. The fraction of sp³-hybridized carbons (Fsp3) is 0.176. The van der Waals surface area contributed by atoms with Crippen LogP contribution in [0.15, 0.2) is 47.6 Å². The SMILES string of the molecule is CC(=NNC(=O)CNc1ccccc1C)c1ccc(O)cc1O. The molecule has 2 aromatic carbocycles. The van der Waals surface area contributed by atoms with Crippen LogP contribution in [0.3, 0.4) is 0 Å². The van der Waals surface area contributed by atoms with Gasteiger partial charge < -0.3 is 15.5 Å². The number of anilines is 1. The van der Waals surface area contributed by atoms with Crippen LogP contribution in [-0.2, 0) is 4.79 Å². The summed E-state index contributed by atoms with van der Waals surface area (Å²) in [6.45, 7) is 3.69. The summed E-state index contributed by atoms with van der Waals surface area (Å²) >= 11 is 0. The molecule has 0 aliphatic carbocycles. The Balaban J connectivity index is 1.94. The van der Waals surface area contributed by atoms with Gasteiger partial charge in [0.25, 0.3) is 5.91 Å². The number of nitrogens with one attached hydrogen (secondary N) is 2. The first-order valence-electron chi connectivity index (χ1n) is 7.12. The Hall–Kier alpha value is -3.02. The molecule has 120 valence electrons. The van der Waals surface area contributed by atoms with E-state index in [1.165, 1.54) is 18.2 Å². The number of aryl methyl sites for hydroxylation is 1. The fourth-order valence-electron chi connectivity index (χ4n) is 2.02. The quantitative estimate of drug-likeness (QED) is 0.503. The van der Waals surface area contributed by atoms with E-state index in [2.05, 4.69) is 15.8 Å². The first-order valence-corrected chi connectivity index (χ1v) is 7.12. The number of para-hydroxylation sites is 1. The Bertz CT molecular complexity index is 742. The molecule has 0 spiro atoms. The summed E-state index contributed by atoms with van der Waals surface area (Å²) in [5, 5.41) is 26.0. The van der Waals surface area contributed by atoms with Crippen molar-refractivity contribution in [2.24, 2.45) is 5.10 Å². The molecule has 0 aliphatic heterocycles. The number of carbonyl (C=O) groups is 1. The number of amides is 1. The third kappa shape index (κ3) is 4.47. The molecule has 0 bridgehead atoms. The minimum Gasteiger partial charge on any atom is -0.508 e. The van der Waals surface area contributed by atoms with Gasteiger partial charge in [-0.25, -0.2) is 5.43 Å². The smallest absolute Gasteiger partial charge is 0.259 e. The van der Waals surface area contributed by atoms with Crippen LogP contribution in [0.25, 0.3) is 0 Å². The fourth-order valence-corrected chi connectivity index (χ4v) is 2.02. The van der Waals surface area contributed by atoms with Gasteiger partial charge in [0.05, 0.1) is 12.3 Å². The second-order valence-electron chi connectivity index (χ2n) is 5.10. The van der Waals surface area contributed by atoms with E-state index in [-0.39, 0.29) is 24.0 Å². The van der Waals surface area contributed by atoms with Crippen molar-refractivity contribution in [1.29, 1.82) is 0 Å². The summed E-state index contributed by atoms with van der Waals surface area (Å²) < 4.78 is 0. The van der Waals surface area contributed by atoms with Crippen LogP contribution in [0.5, 0.6) is 11.5 Å². The molecule has 2 aromatic rings. The van der Waals surface area contributed by atoms with Crippen LogP contribution >= 0.6 is 0 Å². The van der Waals surface area contributed by atoms with Gasteiger partial charge in [-0.15, -0.1) is 0 Å². The standard InChI is InChI=1S/C17H19N3O3/c1-11-5-3-4-6-15(11)18-10-17(23)20-19-12(2)14-8-7-13(21)9-16(14)22/h3-9,18,21-22H,10H2,1-2H3,(H,20,23). The van der Waals surface area contributed by atoms with Crippen molar-refractivity contribution in [2.75, 3.05) is 11.9 Å². The Morgan fingerprint density at radius 2 is 1.91 bits per heavy atom. The molecule has 0 aliphatic rings. The van der Waals surface area contributed by atoms with E-state index in [9.17, 15) is 15.0 Å². The van der Waals surface area contributed by atoms with Crippen molar-refractivity contribution in [3.05, 3.63) is 53.6 Å². The first kappa shape index (κ1) is 16.4. The molecule has 0 atom stereocenters. The summed E-state index contributed by atoms with van der Waals surface area (Å²) in [6.07, 6.45) is 0. The van der Waals surface area contributed by atoms with Crippen LogP contribution < -0.4 is 10.7 Å². The Kier molecular flexibility index (Phi) is 5.19. The second-order valence-corrected chi connectivity index (χ2v) is 5.10. The lowest BCUT2D eigenvalue weighted by molar-refractivity contribution is -0.119. The number of carbonyl (C=O) groups excluding carboxylic acids is 1. The number of rotatable bonds is 5. The maximum Gasteiger partial charge on any atom is 0.259 e. The highest BCUT2D eigenvalue weighted by atomic mass is 16.3. The Labute approximate surface area is 134 Å². The molecule has 23 heavy (non-hydrogen) atoms. The normalized spacial score (nSPS) is 11.1. The molecule has 6 heteroatoms. The molecule has 0 heterocycles. The van der Waals surface area contributed by atoms with Gasteiger partial charge in [-0.2, -0.15) is 5.10 Å². The van der Waals surface area contributed by atoms with Gasteiger partial charge in [0, 0.05) is 17.3 Å². The van der Waals surface area contributed by atoms with Gasteiger partial charge >= 0.3 is 0 Å². The Morgan fingerprint density at radius 1 is 1.17 bits per heavy atom. The van der Waals surface area contributed by atoms with Crippen molar-refractivity contribution in [1.82, 2.24) is 5.43 Å². The number of phenols is 2. The van der Waals surface area contributed by atoms with Crippen molar-refractivity contribution in [3.8, 4) is 11.5 Å². The van der Waals surface area contributed by atoms with Crippen molar-refractivity contribution >= 4 is 17.3 Å². The van der Waals surface area contributed by atoms with Gasteiger partial charge in [-0.3, -0.25) is 4.79 Å². The monoisotopic (exact) mass is 313 g/mol. The van der Waals surface area contributed by atoms with Crippen molar-refractivity contribution < 1.29 is 15.0 Å². The van der Waals surface area contributed by atoms with E-state index in [0.29, 0.717) is 11.3 Å². The third-order valence-electron chi connectivity index (χ3n) is 3.30. The molecule has 0 aromatic heterocycles. The average Bonchev–Trinajstić information content (AvgIpc) is 2.52. The van der Waals surface area contributed by atoms with Crippen molar-refractivity contribution in [2.45, 2.75) is 13.8 Å². The van der Waals surface area contributed by atoms with E-state index < -0.39 is 0 Å². The van der Waals surface area contributed by atoms with Gasteiger partial charge in [0.1, 0.15) is 11.5 Å². The molecule has 0 saturated heterocycles. The number of hydrogen-bond acceptors (Lipinski definition) is 5. The maximum absolute atomic E-state index is 11.8. The molecular formula is C17H19N3O3. The molecular weight excluding hydrogens is 294 g/mol. The predicted molar refractivity (Wildman–Crippen MR) is 89.8 cm³/mol. The highest BCUT2D eigenvalue weighted by Gasteiger charge is 2.07. The predicted octanol–water partition coefficient (Wildman–Crippen LogP) is 2.36. The van der Waals surface area contributed by atoms with Gasteiger partial charge in [0.2, 0.25) is 0 Å². The van der Waals surface area contributed by atoms with Gasteiger partial charge in [0.15, 0.2) is 0 Å². The summed E-state index contributed by atoms with van der Waals surface area (Å²) in [7, 11) is 0. The lowest BCUT2D eigenvalue weighted by Crippen LogP contribution is -2.27. The molecule has 4 N–H and O–H groups in total. The Morgan fingerprint density at radius 3 is 2.61 bits per heavy atom. The average molecular weight is 313 g/mol. The lowest BCUT2D eigenvalue weighted by Gasteiger charge is -2.09. The molecule has 0 radical (unpaired) electrons. The molecule has 0 unspecified atom stereocenters. The van der Waals surface area contributed by atoms with E-state index in [1.807, 2.05) is 31.2 Å². The molecule has 0 fully saturated rings. The van der Waals surface area contributed by atoms with Crippen LogP contribution in [0.1, 0.15) is 18.1 Å². The number of phenolic OH excluding ortho intramolecular Hbond substituents is 2. The first-order chi connectivity index (χ1) is 11.0. The summed E-state index contributed by atoms with van der Waals surface area (Å²) in [4.78, 5) is 11.8. The number of benzene rings is 2. The van der Waals surface area contributed by atoms with Crippen LogP contribution in [0.2, 0.25) is 0 Å². The third-order valence-corrected chi connectivity index (χ3v) is 3.30. The van der Waals surface area contributed by atoms with E-state index in [1.54, 1.807) is 6.92 Å². The number of hydrogen-bond donors (Lipinski definition) is 4. The summed E-state index contributed by atoms with van der Waals surface area (Å²) in [5.41, 5.74) is 5.24. The zero-order chi connectivity index (χ0) is 16.8. The van der Waals surface area contributed by atoms with Gasteiger partial charge in [-0.1, -0.05) is 18.2 Å². The summed E-state index contributed by atoms with van der Waals surface area (Å²) in [6, 6.07) is 11.9. The summed E-state index contributed by atoms with van der Waals surface area (Å²) in [5.74, 6) is -0.435. The van der Waals surface area contributed by atoms with E-state index in [4.69, 9.17) is 0 Å². The molecule has 2 rings (SSSR count). The van der Waals surface area contributed by atoms with Crippen LogP contribution in [-0.4, -0.2) is 28.4 Å². The van der Waals surface area contributed by atoms with Crippen LogP contribution in [0.4, 0.5) is 5.69 Å². The topological polar surface area (TPSA) is 94.0 Å². The molecule has 1 amide bonds.